The second-order valence-corrected chi connectivity index (χ2v) is 15.5. The molecular formula is C46H25N3S2. The molecule has 4 aromatic heterocycles. The van der Waals surface area contributed by atoms with E-state index < -0.39 is 0 Å². The first-order valence-electron chi connectivity index (χ1n) is 17.2. The van der Waals surface area contributed by atoms with E-state index in [1.165, 1.54) is 68.2 Å². The van der Waals surface area contributed by atoms with Crippen LogP contribution in [0.3, 0.4) is 0 Å². The van der Waals surface area contributed by atoms with Crippen LogP contribution in [0.4, 0.5) is 0 Å². The fourth-order valence-electron chi connectivity index (χ4n) is 8.27. The summed E-state index contributed by atoms with van der Waals surface area (Å²) in [6, 6.07) is 55.1. The van der Waals surface area contributed by atoms with Gasteiger partial charge in [-0.15, -0.1) is 22.7 Å². The van der Waals surface area contributed by atoms with Gasteiger partial charge in [0.1, 0.15) is 0 Å². The largest absolute Gasteiger partial charge is 0.309 e. The zero-order valence-corrected chi connectivity index (χ0v) is 28.7. The topological polar surface area (TPSA) is 30.7 Å². The number of benzene rings is 8. The van der Waals surface area contributed by atoms with Gasteiger partial charge in [0.25, 0.3) is 0 Å². The van der Waals surface area contributed by atoms with Gasteiger partial charge in [0.05, 0.1) is 26.9 Å². The molecule has 0 N–H and O–H groups in total. The molecule has 0 atom stereocenters. The van der Waals surface area contributed by atoms with Crippen LogP contribution in [0.15, 0.2) is 152 Å². The SMILES string of the molecule is c1ccc(-c2nc(-c3ccc4ccc(-n5c6ccc7cccc8sc9cccc%10ccc5c(c%109)c6c78)cc4c3)nc3c2sc2ccccc23)cc1. The predicted molar refractivity (Wildman–Crippen MR) is 219 cm³/mol. The number of aromatic nitrogens is 3. The Labute approximate surface area is 299 Å². The second kappa shape index (κ2) is 10.2. The lowest BCUT2D eigenvalue weighted by atomic mass is 10.00. The smallest absolute Gasteiger partial charge is 0.160 e. The molecule has 51 heavy (non-hydrogen) atoms. The Morgan fingerprint density at radius 2 is 1.10 bits per heavy atom. The van der Waals surface area contributed by atoms with E-state index in [1.807, 2.05) is 11.3 Å². The van der Waals surface area contributed by atoms with Crippen LogP contribution in [0.25, 0.3) is 112 Å². The zero-order valence-electron chi connectivity index (χ0n) is 27.1. The molecule has 0 spiro atoms. The number of fused-ring (bicyclic) bond motifs is 4. The van der Waals surface area contributed by atoms with Gasteiger partial charge in [-0.2, -0.15) is 0 Å². The summed E-state index contributed by atoms with van der Waals surface area (Å²) >= 11 is 3.66. The van der Waals surface area contributed by atoms with Gasteiger partial charge in [-0.25, -0.2) is 9.97 Å². The molecular weight excluding hydrogens is 659 g/mol. The first kappa shape index (κ1) is 27.7. The number of hydrogen-bond acceptors (Lipinski definition) is 4. The lowest BCUT2D eigenvalue weighted by molar-refractivity contribution is 1.19. The maximum absolute atomic E-state index is 5.26. The zero-order chi connectivity index (χ0) is 33.2. The van der Waals surface area contributed by atoms with E-state index in [4.69, 9.17) is 9.97 Å². The first-order valence-corrected chi connectivity index (χ1v) is 18.8. The van der Waals surface area contributed by atoms with Gasteiger partial charge in [0.15, 0.2) is 5.82 Å². The molecule has 3 nitrogen and oxygen atoms in total. The first-order chi connectivity index (χ1) is 25.3. The third-order valence-electron chi connectivity index (χ3n) is 10.5. The summed E-state index contributed by atoms with van der Waals surface area (Å²) in [6.07, 6.45) is 0. The Hall–Kier alpha value is -6.14. The summed E-state index contributed by atoms with van der Waals surface area (Å²) in [4.78, 5) is 10.5. The molecule has 0 aliphatic rings. The highest BCUT2D eigenvalue weighted by Gasteiger charge is 2.21. The number of hydrogen-bond donors (Lipinski definition) is 0. The maximum Gasteiger partial charge on any atom is 0.160 e. The highest BCUT2D eigenvalue weighted by atomic mass is 32.1. The lowest BCUT2D eigenvalue weighted by Crippen LogP contribution is -1.95. The molecule has 0 amide bonds. The van der Waals surface area contributed by atoms with Gasteiger partial charge in [-0.05, 0) is 70.1 Å². The van der Waals surface area contributed by atoms with Crippen molar-refractivity contribution in [1.82, 2.24) is 14.5 Å². The Morgan fingerprint density at radius 3 is 1.86 bits per heavy atom. The fraction of sp³-hybridized carbons (Fsp3) is 0. The van der Waals surface area contributed by atoms with Crippen molar-refractivity contribution < 1.29 is 0 Å². The van der Waals surface area contributed by atoms with E-state index in [9.17, 15) is 0 Å². The standard InChI is InChI=1S/C46H25N3S2/c1-2-8-29(9-3-1)43-45-44(33-12-4-5-13-36(33)51-45)48-46(47-43)30-17-16-26-18-21-32(25-31(26)24-30)49-34-22-19-27-10-6-14-37-39(27)41(34)42-35(49)23-20-28-11-7-15-38(50-37)40(28)42/h1-25H. The van der Waals surface area contributed by atoms with Gasteiger partial charge in [0.2, 0.25) is 0 Å². The van der Waals surface area contributed by atoms with Crippen LogP contribution in [0.5, 0.6) is 0 Å². The molecule has 5 heteroatoms. The van der Waals surface area contributed by atoms with E-state index in [2.05, 4.69) is 156 Å². The van der Waals surface area contributed by atoms with E-state index in [-0.39, 0.29) is 0 Å². The average Bonchev–Trinajstić information content (AvgIpc) is 3.68. The van der Waals surface area contributed by atoms with Crippen LogP contribution in [0.2, 0.25) is 0 Å². The summed E-state index contributed by atoms with van der Waals surface area (Å²) in [5, 5.41) is 11.5. The Balaban J connectivity index is 1.11. The summed E-state index contributed by atoms with van der Waals surface area (Å²) in [5.74, 6) is 0.742. The summed E-state index contributed by atoms with van der Waals surface area (Å²) in [6.45, 7) is 0. The molecule has 0 saturated carbocycles. The minimum atomic E-state index is 0.742. The van der Waals surface area contributed by atoms with E-state index in [0.717, 1.165) is 43.9 Å². The third kappa shape index (κ3) is 3.87. The van der Waals surface area contributed by atoms with E-state index >= 15 is 0 Å². The highest BCUT2D eigenvalue weighted by molar-refractivity contribution is 7.26. The van der Waals surface area contributed by atoms with Gasteiger partial charge in [-0.3, -0.25) is 0 Å². The number of thiophene rings is 1. The monoisotopic (exact) mass is 683 g/mol. The molecule has 0 bridgehead atoms. The van der Waals surface area contributed by atoms with Crippen molar-refractivity contribution in [1.29, 1.82) is 0 Å². The van der Waals surface area contributed by atoms with Crippen LogP contribution < -0.4 is 0 Å². The van der Waals surface area contributed by atoms with Crippen molar-refractivity contribution in [3.05, 3.63) is 152 Å². The minimum Gasteiger partial charge on any atom is -0.309 e. The summed E-state index contributed by atoms with van der Waals surface area (Å²) in [5.41, 5.74) is 7.71. The van der Waals surface area contributed by atoms with Crippen molar-refractivity contribution in [2.45, 2.75) is 0 Å². The second-order valence-electron chi connectivity index (χ2n) is 13.3. The normalized spacial score (nSPS) is 12.3. The van der Waals surface area contributed by atoms with Gasteiger partial charge in [-0.1, -0.05) is 103 Å². The molecule has 0 unspecified atom stereocenters. The minimum absolute atomic E-state index is 0.742. The van der Waals surface area contributed by atoms with Crippen LogP contribution in [0, 0.1) is 0 Å². The average molecular weight is 684 g/mol. The molecule has 12 rings (SSSR count). The Morgan fingerprint density at radius 1 is 0.431 bits per heavy atom. The van der Waals surface area contributed by atoms with Crippen molar-refractivity contribution >= 4 is 106 Å². The molecule has 236 valence electrons. The molecule has 8 aromatic carbocycles. The van der Waals surface area contributed by atoms with Crippen LogP contribution in [0.1, 0.15) is 0 Å². The highest BCUT2D eigenvalue weighted by Crippen LogP contribution is 2.46. The van der Waals surface area contributed by atoms with Crippen LogP contribution in [-0.4, -0.2) is 14.5 Å². The Kier molecular flexibility index (Phi) is 5.53. The molecule has 0 aliphatic carbocycles. The van der Waals surface area contributed by atoms with Crippen molar-refractivity contribution in [3.63, 3.8) is 0 Å². The molecule has 0 fully saturated rings. The summed E-state index contributed by atoms with van der Waals surface area (Å²) in [7, 11) is 0. The third-order valence-corrected chi connectivity index (χ3v) is 12.8. The molecule has 12 aromatic rings. The van der Waals surface area contributed by atoms with Crippen molar-refractivity contribution in [3.8, 4) is 28.3 Å². The molecule has 0 saturated heterocycles. The number of rotatable bonds is 3. The van der Waals surface area contributed by atoms with Crippen molar-refractivity contribution in [2.24, 2.45) is 0 Å². The number of nitrogens with zero attached hydrogens (tertiary/aromatic N) is 3. The van der Waals surface area contributed by atoms with Gasteiger partial charge >= 0.3 is 0 Å². The van der Waals surface area contributed by atoms with E-state index in [1.54, 1.807) is 11.3 Å². The van der Waals surface area contributed by atoms with Crippen molar-refractivity contribution in [2.75, 3.05) is 0 Å². The quantitative estimate of drug-likeness (QED) is 0.186. The molecule has 0 aliphatic heterocycles. The van der Waals surface area contributed by atoms with Crippen LogP contribution >= 0.6 is 22.7 Å². The lowest BCUT2D eigenvalue weighted by Gasteiger charge is -2.12. The van der Waals surface area contributed by atoms with Gasteiger partial charge in [0, 0.05) is 57.8 Å². The Bertz CT molecular complexity index is 3260. The van der Waals surface area contributed by atoms with Crippen LogP contribution in [-0.2, 0) is 0 Å². The van der Waals surface area contributed by atoms with Gasteiger partial charge < -0.3 is 4.57 Å². The summed E-state index contributed by atoms with van der Waals surface area (Å²) < 4.78 is 7.44. The molecule has 4 heterocycles. The maximum atomic E-state index is 5.26. The fourth-order valence-corrected chi connectivity index (χ4v) is 10.6. The predicted octanol–water partition coefficient (Wildman–Crippen LogP) is 13.4. The van der Waals surface area contributed by atoms with E-state index in [0.29, 0.717) is 0 Å². The molecule has 0 radical (unpaired) electrons.